The van der Waals surface area contributed by atoms with Crippen molar-refractivity contribution >= 4 is 18.3 Å². The van der Waals surface area contributed by atoms with Gasteiger partial charge in [0.05, 0.1) is 13.2 Å². The Bertz CT molecular complexity index is 423. The fourth-order valence-corrected chi connectivity index (χ4v) is 1.90. The van der Waals surface area contributed by atoms with Gasteiger partial charge < -0.3 is 20.1 Å². The van der Waals surface area contributed by atoms with Crippen LogP contribution in [0.15, 0.2) is 24.3 Å². The Labute approximate surface area is 125 Å². The van der Waals surface area contributed by atoms with Crippen LogP contribution in [0.3, 0.4) is 0 Å². The second-order valence-electron chi connectivity index (χ2n) is 4.47. The zero-order valence-corrected chi connectivity index (χ0v) is 12.4. The number of para-hydroxylation sites is 1. The highest BCUT2D eigenvalue weighted by Crippen LogP contribution is 2.15. The summed E-state index contributed by atoms with van der Waals surface area (Å²) < 4.78 is 11.0. The minimum absolute atomic E-state index is 0. The molecule has 1 aromatic rings. The van der Waals surface area contributed by atoms with Crippen molar-refractivity contribution in [3.63, 3.8) is 0 Å². The van der Waals surface area contributed by atoms with Gasteiger partial charge in [0.2, 0.25) is 0 Å². The topological polar surface area (TPSA) is 59.6 Å². The van der Waals surface area contributed by atoms with Crippen molar-refractivity contribution in [1.82, 2.24) is 10.6 Å². The molecule has 20 heavy (non-hydrogen) atoms. The van der Waals surface area contributed by atoms with Crippen LogP contribution < -0.4 is 15.4 Å². The van der Waals surface area contributed by atoms with E-state index in [1.807, 2.05) is 31.2 Å². The summed E-state index contributed by atoms with van der Waals surface area (Å²) in [6.45, 7) is 4.89. The summed E-state index contributed by atoms with van der Waals surface area (Å²) in [5.74, 6) is 0.771. The molecule has 0 radical (unpaired) electrons. The average Bonchev–Trinajstić information content (AvgIpc) is 2.46. The van der Waals surface area contributed by atoms with Gasteiger partial charge in [-0.3, -0.25) is 4.79 Å². The molecular weight excluding hydrogens is 280 g/mol. The van der Waals surface area contributed by atoms with Crippen LogP contribution in [0.5, 0.6) is 5.75 Å². The number of halogens is 1. The van der Waals surface area contributed by atoms with Gasteiger partial charge in [0.25, 0.3) is 5.91 Å². The van der Waals surface area contributed by atoms with Crippen LogP contribution in [0.1, 0.15) is 5.56 Å². The van der Waals surface area contributed by atoms with Crippen LogP contribution in [-0.2, 0) is 9.53 Å². The van der Waals surface area contributed by atoms with Gasteiger partial charge in [-0.25, -0.2) is 0 Å². The molecule has 1 unspecified atom stereocenters. The van der Waals surface area contributed by atoms with Gasteiger partial charge in [-0.1, -0.05) is 18.2 Å². The van der Waals surface area contributed by atoms with E-state index in [1.54, 1.807) is 0 Å². The van der Waals surface area contributed by atoms with E-state index in [1.165, 1.54) is 0 Å². The van der Waals surface area contributed by atoms with Crippen LogP contribution >= 0.6 is 12.4 Å². The predicted octanol–water partition coefficient (Wildman–Crippen LogP) is 0.900. The third-order valence-corrected chi connectivity index (χ3v) is 2.97. The molecule has 1 aliphatic heterocycles. The van der Waals surface area contributed by atoms with Gasteiger partial charge in [-0.2, -0.15) is 0 Å². The highest BCUT2D eigenvalue weighted by atomic mass is 35.5. The standard InChI is InChI=1S/C14H20N2O3.ClH/c1-11-4-2-3-5-12(11)18-9-7-16-14(17)13-10-15-6-8-19-13;/h2-5,13,15H,6-10H2,1H3,(H,16,17);1H. The Kier molecular flexibility index (Phi) is 7.36. The number of hydrogen-bond acceptors (Lipinski definition) is 4. The van der Waals surface area contributed by atoms with E-state index < -0.39 is 0 Å². The lowest BCUT2D eigenvalue weighted by atomic mass is 10.2. The number of morpholine rings is 1. The molecule has 0 bridgehead atoms. The van der Waals surface area contributed by atoms with E-state index in [0.29, 0.717) is 26.3 Å². The van der Waals surface area contributed by atoms with Crippen LogP contribution in [0.25, 0.3) is 0 Å². The monoisotopic (exact) mass is 300 g/mol. The van der Waals surface area contributed by atoms with Crippen molar-refractivity contribution in [1.29, 1.82) is 0 Å². The fraction of sp³-hybridized carbons (Fsp3) is 0.500. The third-order valence-electron chi connectivity index (χ3n) is 2.97. The molecule has 2 rings (SSSR count). The largest absolute Gasteiger partial charge is 0.491 e. The highest BCUT2D eigenvalue weighted by molar-refractivity contribution is 5.85. The van der Waals surface area contributed by atoms with Crippen molar-refractivity contribution in [2.75, 3.05) is 32.8 Å². The summed E-state index contributed by atoms with van der Waals surface area (Å²) >= 11 is 0. The summed E-state index contributed by atoms with van der Waals surface area (Å²) in [4.78, 5) is 11.7. The molecule has 1 fully saturated rings. The number of carbonyl (C=O) groups excluding carboxylic acids is 1. The Balaban J connectivity index is 0.00000200. The molecule has 5 nitrogen and oxygen atoms in total. The maximum absolute atomic E-state index is 11.7. The van der Waals surface area contributed by atoms with E-state index >= 15 is 0 Å². The zero-order valence-electron chi connectivity index (χ0n) is 11.6. The van der Waals surface area contributed by atoms with Gasteiger partial charge in [-0.05, 0) is 18.6 Å². The van der Waals surface area contributed by atoms with Crippen molar-refractivity contribution in [3.8, 4) is 5.75 Å². The molecule has 1 atom stereocenters. The van der Waals surface area contributed by atoms with Gasteiger partial charge in [-0.15, -0.1) is 12.4 Å². The highest BCUT2D eigenvalue weighted by Gasteiger charge is 2.20. The van der Waals surface area contributed by atoms with Crippen molar-refractivity contribution in [2.45, 2.75) is 13.0 Å². The Morgan fingerprint density at radius 2 is 2.30 bits per heavy atom. The van der Waals surface area contributed by atoms with Crippen molar-refractivity contribution in [2.24, 2.45) is 0 Å². The Morgan fingerprint density at radius 1 is 1.50 bits per heavy atom. The number of nitrogens with one attached hydrogen (secondary N) is 2. The first-order valence-corrected chi connectivity index (χ1v) is 6.56. The lowest BCUT2D eigenvalue weighted by molar-refractivity contribution is -0.134. The summed E-state index contributed by atoms with van der Waals surface area (Å²) in [6, 6.07) is 7.82. The third kappa shape index (κ3) is 5.00. The zero-order chi connectivity index (χ0) is 13.5. The molecule has 1 aliphatic rings. The number of hydrogen-bond donors (Lipinski definition) is 2. The van der Waals surface area contributed by atoms with Gasteiger partial charge >= 0.3 is 0 Å². The summed E-state index contributed by atoms with van der Waals surface area (Å²) in [6.07, 6.45) is -0.382. The number of ether oxygens (including phenoxy) is 2. The fourth-order valence-electron chi connectivity index (χ4n) is 1.90. The van der Waals surface area contributed by atoms with Crippen LogP contribution in [0.2, 0.25) is 0 Å². The smallest absolute Gasteiger partial charge is 0.250 e. The molecule has 2 N–H and O–H groups in total. The van der Waals surface area contributed by atoms with Crippen LogP contribution in [-0.4, -0.2) is 44.9 Å². The predicted molar refractivity (Wildman–Crippen MR) is 79.5 cm³/mol. The van der Waals surface area contributed by atoms with Crippen LogP contribution in [0, 0.1) is 6.92 Å². The van der Waals surface area contributed by atoms with Crippen molar-refractivity contribution in [3.05, 3.63) is 29.8 Å². The molecule has 0 aliphatic carbocycles. The van der Waals surface area contributed by atoms with E-state index in [4.69, 9.17) is 9.47 Å². The second kappa shape index (κ2) is 8.79. The first-order valence-electron chi connectivity index (χ1n) is 6.56. The lowest BCUT2D eigenvalue weighted by Gasteiger charge is -2.22. The molecule has 112 valence electrons. The first-order chi connectivity index (χ1) is 9.27. The maximum atomic E-state index is 11.7. The molecule has 6 heteroatoms. The normalized spacial score (nSPS) is 17.9. The Morgan fingerprint density at radius 3 is 3.00 bits per heavy atom. The SMILES string of the molecule is Cc1ccccc1OCCNC(=O)C1CNCCO1.Cl. The molecule has 1 heterocycles. The number of rotatable bonds is 5. The van der Waals surface area contributed by atoms with Gasteiger partial charge in [0, 0.05) is 13.1 Å². The lowest BCUT2D eigenvalue weighted by Crippen LogP contribution is -2.48. The summed E-state index contributed by atoms with van der Waals surface area (Å²) in [5, 5.41) is 5.94. The molecule has 0 aromatic heterocycles. The minimum Gasteiger partial charge on any atom is -0.491 e. The van der Waals surface area contributed by atoms with E-state index in [-0.39, 0.29) is 24.4 Å². The number of carbonyl (C=O) groups is 1. The summed E-state index contributed by atoms with van der Waals surface area (Å²) in [5.41, 5.74) is 1.09. The summed E-state index contributed by atoms with van der Waals surface area (Å²) in [7, 11) is 0. The van der Waals surface area contributed by atoms with E-state index in [0.717, 1.165) is 17.9 Å². The van der Waals surface area contributed by atoms with Crippen LogP contribution in [0.4, 0.5) is 0 Å². The molecule has 1 aromatic carbocycles. The number of benzene rings is 1. The molecule has 1 amide bonds. The van der Waals surface area contributed by atoms with Gasteiger partial charge in [0.15, 0.2) is 0 Å². The molecular formula is C14H21ClN2O3. The van der Waals surface area contributed by atoms with E-state index in [2.05, 4.69) is 10.6 Å². The minimum atomic E-state index is -0.382. The van der Waals surface area contributed by atoms with E-state index in [9.17, 15) is 4.79 Å². The molecule has 0 spiro atoms. The molecule has 0 saturated carbocycles. The van der Waals surface area contributed by atoms with Crippen molar-refractivity contribution < 1.29 is 14.3 Å². The maximum Gasteiger partial charge on any atom is 0.250 e. The van der Waals surface area contributed by atoms with Gasteiger partial charge in [0.1, 0.15) is 18.5 Å². The quantitative estimate of drug-likeness (QED) is 0.793. The number of amides is 1. The number of aryl methyl sites for hydroxylation is 1. The second-order valence-corrected chi connectivity index (χ2v) is 4.47. The first kappa shape index (κ1) is 16.8. The average molecular weight is 301 g/mol. The Hall–Kier alpha value is -1.30. The molecule has 1 saturated heterocycles.